The van der Waals surface area contributed by atoms with Crippen LogP contribution in [-0.4, -0.2) is 6.21 Å². The topological polar surface area (TPSA) is 24.4 Å². The molecule has 2 rings (SSSR count). The molecule has 2 aromatic carbocycles. The third kappa shape index (κ3) is 3.57. The van der Waals surface area contributed by atoms with E-state index >= 15 is 0 Å². The van der Waals surface area contributed by atoms with Gasteiger partial charge in [-0.15, -0.1) is 0 Å². The molecule has 4 heteroatoms. The lowest BCUT2D eigenvalue weighted by Crippen LogP contribution is -1.90. The number of halogens is 2. The smallest absolute Gasteiger partial charge is 0.123 e. The van der Waals surface area contributed by atoms with Crippen LogP contribution in [-0.2, 0) is 0 Å². The lowest BCUT2D eigenvalue weighted by atomic mass is 10.2. The normalized spacial score (nSPS) is 10.7. The zero-order valence-corrected chi connectivity index (χ0v) is 9.66. The second kappa shape index (κ2) is 5.46. The average molecular weight is 249 g/mol. The fraction of sp³-hybridized carbons (Fsp3) is 0. The summed E-state index contributed by atoms with van der Waals surface area (Å²) in [5, 5.41) is 4.71. The standard InChI is InChI=1S/C13H10ClFN2/c14-11-3-7-13(8-4-11)17-16-9-10-1-5-12(15)6-2-10/h1-9,17H/b16-9+. The molecule has 0 aliphatic rings. The molecule has 0 aliphatic heterocycles. The van der Waals surface area contributed by atoms with Gasteiger partial charge in [0.05, 0.1) is 11.9 Å². The summed E-state index contributed by atoms with van der Waals surface area (Å²) in [5.74, 6) is -0.257. The Bertz CT molecular complexity index is 506. The van der Waals surface area contributed by atoms with E-state index in [-0.39, 0.29) is 5.82 Å². The molecule has 0 atom stereocenters. The molecule has 0 spiro atoms. The molecular formula is C13H10ClFN2. The Hall–Kier alpha value is -1.87. The minimum atomic E-state index is -0.257. The summed E-state index contributed by atoms with van der Waals surface area (Å²) in [6.07, 6.45) is 1.62. The predicted molar refractivity (Wildman–Crippen MR) is 69.1 cm³/mol. The SMILES string of the molecule is Fc1ccc(/C=N/Nc2ccc(Cl)cc2)cc1. The average Bonchev–Trinajstić information content (AvgIpc) is 2.34. The van der Waals surface area contributed by atoms with E-state index in [4.69, 9.17) is 11.6 Å². The van der Waals surface area contributed by atoms with Crippen LogP contribution >= 0.6 is 11.6 Å². The van der Waals surface area contributed by atoms with Crippen LogP contribution in [0.25, 0.3) is 0 Å². The summed E-state index contributed by atoms with van der Waals surface area (Å²) in [6.45, 7) is 0. The van der Waals surface area contributed by atoms with Crippen molar-refractivity contribution in [2.75, 3.05) is 5.43 Å². The van der Waals surface area contributed by atoms with Crippen molar-refractivity contribution in [1.29, 1.82) is 0 Å². The van der Waals surface area contributed by atoms with Gasteiger partial charge >= 0.3 is 0 Å². The molecule has 0 aliphatic carbocycles. The zero-order valence-electron chi connectivity index (χ0n) is 8.90. The first kappa shape index (κ1) is 11.6. The number of benzene rings is 2. The second-order valence-electron chi connectivity index (χ2n) is 3.43. The summed E-state index contributed by atoms with van der Waals surface area (Å²) < 4.78 is 12.6. The first-order chi connectivity index (χ1) is 8.24. The molecule has 0 bridgehead atoms. The van der Waals surface area contributed by atoms with Crippen LogP contribution in [0.3, 0.4) is 0 Å². The molecule has 0 aromatic heterocycles. The van der Waals surface area contributed by atoms with Crippen molar-refractivity contribution in [1.82, 2.24) is 0 Å². The Kier molecular flexibility index (Phi) is 3.73. The lowest BCUT2D eigenvalue weighted by molar-refractivity contribution is 0.628. The van der Waals surface area contributed by atoms with Gasteiger partial charge in [-0.2, -0.15) is 5.10 Å². The monoisotopic (exact) mass is 248 g/mol. The number of hydrazone groups is 1. The van der Waals surface area contributed by atoms with Gasteiger partial charge in [0.1, 0.15) is 5.82 Å². The molecule has 2 nitrogen and oxygen atoms in total. The van der Waals surface area contributed by atoms with Crippen molar-refractivity contribution in [2.45, 2.75) is 0 Å². The van der Waals surface area contributed by atoms with Gasteiger partial charge in [0, 0.05) is 5.02 Å². The molecule has 1 N–H and O–H groups in total. The van der Waals surface area contributed by atoms with Gasteiger partial charge in [-0.1, -0.05) is 23.7 Å². The van der Waals surface area contributed by atoms with Gasteiger partial charge < -0.3 is 0 Å². The van der Waals surface area contributed by atoms with Crippen LogP contribution in [0.15, 0.2) is 53.6 Å². The Morgan fingerprint density at radius 1 is 1.00 bits per heavy atom. The number of anilines is 1. The maximum Gasteiger partial charge on any atom is 0.123 e. The van der Waals surface area contributed by atoms with Gasteiger partial charge in [-0.3, -0.25) is 5.43 Å². The highest BCUT2D eigenvalue weighted by molar-refractivity contribution is 6.30. The van der Waals surface area contributed by atoms with E-state index in [9.17, 15) is 4.39 Å². The number of hydrogen-bond donors (Lipinski definition) is 1. The van der Waals surface area contributed by atoms with Crippen molar-refractivity contribution in [3.05, 3.63) is 64.9 Å². The number of nitrogens with one attached hydrogen (secondary N) is 1. The van der Waals surface area contributed by atoms with Crippen molar-refractivity contribution in [2.24, 2.45) is 5.10 Å². The molecular weight excluding hydrogens is 239 g/mol. The molecule has 17 heavy (non-hydrogen) atoms. The molecule has 0 saturated heterocycles. The molecule has 0 heterocycles. The maximum atomic E-state index is 12.6. The van der Waals surface area contributed by atoms with E-state index in [1.54, 1.807) is 30.5 Å². The molecule has 0 radical (unpaired) electrons. The van der Waals surface area contributed by atoms with E-state index in [1.165, 1.54) is 12.1 Å². The molecule has 0 fully saturated rings. The molecule has 2 aromatic rings. The van der Waals surface area contributed by atoms with Crippen LogP contribution in [0.4, 0.5) is 10.1 Å². The largest absolute Gasteiger partial charge is 0.279 e. The minimum absolute atomic E-state index is 0.257. The van der Waals surface area contributed by atoms with Gasteiger partial charge in [0.15, 0.2) is 0 Å². The highest BCUT2D eigenvalue weighted by Crippen LogP contribution is 2.13. The lowest BCUT2D eigenvalue weighted by Gasteiger charge is -1.99. The second-order valence-corrected chi connectivity index (χ2v) is 3.86. The number of nitrogens with zero attached hydrogens (tertiary/aromatic N) is 1. The fourth-order valence-corrected chi connectivity index (χ4v) is 1.38. The van der Waals surface area contributed by atoms with Gasteiger partial charge in [-0.05, 0) is 42.0 Å². The number of rotatable bonds is 3. The molecule has 0 unspecified atom stereocenters. The van der Waals surface area contributed by atoms with E-state index in [0.29, 0.717) is 5.02 Å². The van der Waals surface area contributed by atoms with E-state index in [0.717, 1.165) is 11.3 Å². The van der Waals surface area contributed by atoms with E-state index < -0.39 is 0 Å². The first-order valence-corrected chi connectivity index (χ1v) is 5.42. The summed E-state index contributed by atoms with van der Waals surface area (Å²) in [4.78, 5) is 0. The third-order valence-corrected chi connectivity index (χ3v) is 2.37. The van der Waals surface area contributed by atoms with Gasteiger partial charge in [0.2, 0.25) is 0 Å². The van der Waals surface area contributed by atoms with Crippen LogP contribution in [0, 0.1) is 5.82 Å². The minimum Gasteiger partial charge on any atom is -0.279 e. The van der Waals surface area contributed by atoms with E-state index in [2.05, 4.69) is 10.5 Å². The number of hydrogen-bond acceptors (Lipinski definition) is 2. The van der Waals surface area contributed by atoms with Gasteiger partial charge in [-0.25, -0.2) is 4.39 Å². The fourth-order valence-electron chi connectivity index (χ4n) is 1.25. The summed E-state index contributed by atoms with van der Waals surface area (Å²) >= 11 is 5.75. The van der Waals surface area contributed by atoms with Crippen LogP contribution in [0.1, 0.15) is 5.56 Å². The quantitative estimate of drug-likeness (QED) is 0.646. The summed E-state index contributed by atoms with van der Waals surface area (Å²) in [6, 6.07) is 13.3. The maximum absolute atomic E-state index is 12.6. The first-order valence-electron chi connectivity index (χ1n) is 5.04. The van der Waals surface area contributed by atoms with Crippen molar-refractivity contribution in [3.63, 3.8) is 0 Å². The Labute approximate surface area is 104 Å². The molecule has 0 saturated carbocycles. The van der Waals surface area contributed by atoms with Gasteiger partial charge in [0.25, 0.3) is 0 Å². The Morgan fingerprint density at radius 2 is 1.65 bits per heavy atom. The van der Waals surface area contributed by atoms with Crippen molar-refractivity contribution < 1.29 is 4.39 Å². The Balaban J connectivity index is 1.97. The predicted octanol–water partition coefficient (Wildman–Crippen LogP) is 3.93. The van der Waals surface area contributed by atoms with Crippen molar-refractivity contribution in [3.8, 4) is 0 Å². The molecule has 86 valence electrons. The highest BCUT2D eigenvalue weighted by Gasteiger charge is 1.91. The van der Waals surface area contributed by atoms with Crippen LogP contribution < -0.4 is 5.43 Å². The Morgan fingerprint density at radius 3 is 2.29 bits per heavy atom. The summed E-state index contributed by atoms with van der Waals surface area (Å²) in [7, 11) is 0. The van der Waals surface area contributed by atoms with Crippen LogP contribution in [0.2, 0.25) is 5.02 Å². The highest BCUT2D eigenvalue weighted by atomic mass is 35.5. The zero-order chi connectivity index (χ0) is 12.1. The summed E-state index contributed by atoms with van der Waals surface area (Å²) in [5.41, 5.74) is 4.52. The van der Waals surface area contributed by atoms with E-state index in [1.807, 2.05) is 12.1 Å². The van der Waals surface area contributed by atoms with Crippen molar-refractivity contribution >= 4 is 23.5 Å². The molecule has 0 amide bonds. The third-order valence-electron chi connectivity index (χ3n) is 2.12. The van der Waals surface area contributed by atoms with Crippen LogP contribution in [0.5, 0.6) is 0 Å².